The molecule has 27 heavy (non-hydrogen) atoms. The van der Waals surface area contributed by atoms with Gasteiger partial charge in [0.05, 0.1) is 17.4 Å². The highest BCUT2D eigenvalue weighted by Gasteiger charge is 2.67. The quantitative estimate of drug-likeness (QED) is 0.637. The molecule has 3 amide bonds. The molecule has 5 aliphatic rings. The highest BCUT2D eigenvalue weighted by molar-refractivity contribution is 6.08. The highest BCUT2D eigenvalue weighted by Crippen LogP contribution is 2.65. The van der Waals surface area contributed by atoms with E-state index in [2.05, 4.69) is 5.43 Å². The number of hydrazine groups is 1. The summed E-state index contributed by atoms with van der Waals surface area (Å²) in [5.41, 5.74) is 1.37. The van der Waals surface area contributed by atoms with Gasteiger partial charge in [-0.3, -0.25) is 19.8 Å². The Morgan fingerprint density at radius 1 is 0.963 bits per heavy atom. The maximum atomic E-state index is 12.8. The van der Waals surface area contributed by atoms with Crippen LogP contribution in [-0.2, 0) is 15.8 Å². The zero-order chi connectivity index (χ0) is 19.1. The van der Waals surface area contributed by atoms with Crippen LogP contribution in [0.25, 0.3) is 0 Å². The number of nitrogens with one attached hydrogen (secondary N) is 1. The van der Waals surface area contributed by atoms with Crippen LogP contribution in [0.5, 0.6) is 0 Å². The second kappa shape index (κ2) is 5.21. The van der Waals surface area contributed by atoms with E-state index in [0.717, 1.165) is 35.7 Å². The number of imide groups is 1. The molecule has 4 aliphatic carbocycles. The van der Waals surface area contributed by atoms with Crippen molar-refractivity contribution in [2.24, 2.45) is 35.5 Å². The van der Waals surface area contributed by atoms with Crippen molar-refractivity contribution in [2.45, 2.75) is 12.6 Å². The molecule has 1 aromatic rings. The summed E-state index contributed by atoms with van der Waals surface area (Å²) in [6, 6.07) is 3.63. The van der Waals surface area contributed by atoms with Gasteiger partial charge in [0, 0.05) is 5.56 Å². The summed E-state index contributed by atoms with van der Waals surface area (Å²) in [6.07, 6.45) is 0.575. The Hall–Kier alpha value is -2.64. The van der Waals surface area contributed by atoms with Crippen molar-refractivity contribution >= 4 is 17.7 Å². The van der Waals surface area contributed by atoms with E-state index in [-0.39, 0.29) is 17.4 Å². The first-order chi connectivity index (χ1) is 12.8. The standard InChI is InChI=1S/C19H15F3N2O3/c20-19(21,22)9-3-1-8(2-4-9)16(25)23-24-17(26)14-10-5-6-11(13-7-12(10)13)15(14)18(24)27/h1-6,10-15H,7H2,(H,23,25)/t10?,11?,12-,13+,14+,15-. The van der Waals surface area contributed by atoms with Crippen molar-refractivity contribution in [2.75, 3.05) is 0 Å². The molecule has 1 N–H and O–H groups in total. The Bertz CT molecular complexity index is 856. The molecule has 0 radical (unpaired) electrons. The van der Waals surface area contributed by atoms with E-state index in [1.54, 1.807) is 0 Å². The topological polar surface area (TPSA) is 66.5 Å². The SMILES string of the molecule is O=C(NN1C(=O)[C@@H]2C3C=CC([C@H]4C[C@@H]34)[C@@H]2C1=O)c1ccc(C(F)(F)F)cc1. The second-order valence-electron chi connectivity index (χ2n) is 7.68. The first-order valence-corrected chi connectivity index (χ1v) is 8.82. The lowest BCUT2D eigenvalue weighted by atomic mass is 9.63. The zero-order valence-corrected chi connectivity index (χ0v) is 13.9. The molecular weight excluding hydrogens is 361 g/mol. The Balaban J connectivity index is 1.35. The minimum absolute atomic E-state index is 0.0365. The van der Waals surface area contributed by atoms with Crippen molar-refractivity contribution in [3.8, 4) is 0 Å². The maximum Gasteiger partial charge on any atom is 0.416 e. The fourth-order valence-corrected chi connectivity index (χ4v) is 5.04. The fraction of sp³-hybridized carbons (Fsp3) is 0.421. The maximum absolute atomic E-state index is 12.8. The number of hydrogen-bond donors (Lipinski definition) is 1. The number of benzene rings is 1. The van der Waals surface area contributed by atoms with Crippen LogP contribution in [0.3, 0.4) is 0 Å². The Labute approximate surface area is 152 Å². The largest absolute Gasteiger partial charge is 0.416 e. The number of alkyl halides is 3. The molecule has 6 atom stereocenters. The second-order valence-corrected chi connectivity index (χ2v) is 7.68. The molecule has 5 nitrogen and oxygen atoms in total. The molecule has 3 fully saturated rings. The average molecular weight is 376 g/mol. The summed E-state index contributed by atoms with van der Waals surface area (Å²) in [6.45, 7) is 0. The van der Waals surface area contributed by atoms with E-state index in [0.29, 0.717) is 11.8 Å². The van der Waals surface area contributed by atoms with Gasteiger partial charge in [0.1, 0.15) is 0 Å². The molecule has 1 aliphatic heterocycles. The normalized spacial score (nSPS) is 35.9. The van der Waals surface area contributed by atoms with Crippen molar-refractivity contribution in [3.63, 3.8) is 0 Å². The average Bonchev–Trinajstić information content (AvgIpc) is 3.42. The van der Waals surface area contributed by atoms with Gasteiger partial charge in [0.2, 0.25) is 0 Å². The third-order valence-electron chi connectivity index (χ3n) is 6.35. The van der Waals surface area contributed by atoms with E-state index in [4.69, 9.17) is 0 Å². The van der Waals surface area contributed by atoms with E-state index >= 15 is 0 Å². The number of carbonyl (C=O) groups excluding carboxylic acids is 3. The Morgan fingerprint density at radius 2 is 1.48 bits per heavy atom. The van der Waals surface area contributed by atoms with Crippen LogP contribution in [0.4, 0.5) is 13.2 Å². The van der Waals surface area contributed by atoms with Gasteiger partial charge in [-0.15, -0.1) is 0 Å². The molecular formula is C19H15F3N2O3. The molecule has 2 saturated carbocycles. The lowest BCUT2D eigenvalue weighted by Crippen LogP contribution is -2.46. The summed E-state index contributed by atoms with van der Waals surface area (Å²) < 4.78 is 37.9. The van der Waals surface area contributed by atoms with Crippen molar-refractivity contribution < 1.29 is 27.6 Å². The summed E-state index contributed by atoms with van der Waals surface area (Å²) in [5, 5.41) is 0.771. The number of amides is 3. The van der Waals surface area contributed by atoms with Crippen LogP contribution in [0, 0.1) is 35.5 Å². The van der Waals surface area contributed by atoms with E-state index in [9.17, 15) is 27.6 Å². The van der Waals surface area contributed by atoms with Crippen LogP contribution in [0.2, 0.25) is 0 Å². The first kappa shape index (κ1) is 16.5. The number of rotatable bonds is 2. The van der Waals surface area contributed by atoms with Crippen LogP contribution in [-0.4, -0.2) is 22.7 Å². The lowest BCUT2D eigenvalue weighted by molar-refractivity contribution is -0.143. The van der Waals surface area contributed by atoms with Crippen molar-refractivity contribution in [3.05, 3.63) is 47.5 Å². The summed E-state index contributed by atoms with van der Waals surface area (Å²) in [4.78, 5) is 37.9. The summed E-state index contributed by atoms with van der Waals surface area (Å²) >= 11 is 0. The van der Waals surface area contributed by atoms with Gasteiger partial charge in [-0.2, -0.15) is 18.2 Å². The van der Waals surface area contributed by atoms with Gasteiger partial charge >= 0.3 is 6.18 Å². The molecule has 0 aromatic heterocycles. The molecule has 2 bridgehead atoms. The number of halogens is 3. The monoisotopic (exact) mass is 376 g/mol. The number of allylic oxidation sites excluding steroid dienone is 2. The molecule has 8 heteroatoms. The fourth-order valence-electron chi connectivity index (χ4n) is 5.04. The van der Waals surface area contributed by atoms with Crippen LogP contribution in [0.1, 0.15) is 22.3 Å². The van der Waals surface area contributed by atoms with Gasteiger partial charge in [-0.05, 0) is 54.4 Å². The lowest BCUT2D eigenvalue weighted by Gasteiger charge is -2.37. The van der Waals surface area contributed by atoms with Crippen molar-refractivity contribution in [1.82, 2.24) is 10.4 Å². The van der Waals surface area contributed by atoms with E-state index < -0.39 is 41.3 Å². The van der Waals surface area contributed by atoms with Gasteiger partial charge in [0.15, 0.2) is 0 Å². The third kappa shape index (κ3) is 2.28. The molecule has 1 saturated heterocycles. The number of carbonyl (C=O) groups is 3. The predicted octanol–water partition coefficient (Wildman–Crippen LogP) is 2.40. The molecule has 1 aromatic carbocycles. The van der Waals surface area contributed by atoms with E-state index in [1.807, 2.05) is 12.2 Å². The van der Waals surface area contributed by atoms with Crippen LogP contribution >= 0.6 is 0 Å². The Morgan fingerprint density at radius 3 is 1.96 bits per heavy atom. The predicted molar refractivity (Wildman–Crippen MR) is 85.5 cm³/mol. The number of nitrogens with zero attached hydrogens (tertiary/aromatic N) is 1. The third-order valence-corrected chi connectivity index (χ3v) is 6.35. The van der Waals surface area contributed by atoms with Crippen LogP contribution < -0.4 is 5.43 Å². The summed E-state index contributed by atoms with van der Waals surface area (Å²) in [5.74, 6) is -1.54. The highest BCUT2D eigenvalue weighted by atomic mass is 19.4. The molecule has 1 heterocycles. The molecule has 0 spiro atoms. The molecule has 140 valence electrons. The molecule has 2 unspecified atom stereocenters. The Kier molecular flexibility index (Phi) is 3.19. The van der Waals surface area contributed by atoms with Gasteiger partial charge in [-0.25, -0.2) is 0 Å². The van der Waals surface area contributed by atoms with Gasteiger partial charge < -0.3 is 0 Å². The van der Waals surface area contributed by atoms with Crippen molar-refractivity contribution in [1.29, 1.82) is 0 Å². The summed E-state index contributed by atoms with van der Waals surface area (Å²) in [7, 11) is 0. The van der Waals surface area contributed by atoms with E-state index in [1.165, 1.54) is 0 Å². The minimum Gasteiger partial charge on any atom is -0.272 e. The number of hydrogen-bond acceptors (Lipinski definition) is 3. The van der Waals surface area contributed by atoms with Gasteiger partial charge in [-0.1, -0.05) is 12.2 Å². The van der Waals surface area contributed by atoms with Gasteiger partial charge in [0.25, 0.3) is 17.7 Å². The minimum atomic E-state index is -4.50. The van der Waals surface area contributed by atoms with Crippen LogP contribution in [0.15, 0.2) is 36.4 Å². The first-order valence-electron chi connectivity index (χ1n) is 8.82. The zero-order valence-electron chi connectivity index (χ0n) is 13.9. The molecule has 6 rings (SSSR count). The smallest absolute Gasteiger partial charge is 0.272 e.